The number of carboxylic acids is 1. The molecule has 0 saturated carbocycles. The number of fused-ring (bicyclic) bond motifs is 1. The molecule has 1 N–H and O–H groups in total. The van der Waals surface area contributed by atoms with Crippen LogP contribution in [0.1, 0.15) is 27.2 Å². The van der Waals surface area contributed by atoms with Crippen molar-refractivity contribution in [2.24, 2.45) is 0 Å². The van der Waals surface area contributed by atoms with E-state index in [9.17, 15) is 14.7 Å². The van der Waals surface area contributed by atoms with Crippen molar-refractivity contribution < 1.29 is 24.2 Å². The molecule has 0 spiro atoms. The van der Waals surface area contributed by atoms with E-state index < -0.39 is 29.8 Å². The van der Waals surface area contributed by atoms with Crippen molar-refractivity contribution in [3.63, 3.8) is 0 Å². The van der Waals surface area contributed by atoms with Crippen LogP contribution in [-0.2, 0) is 9.53 Å². The summed E-state index contributed by atoms with van der Waals surface area (Å²) in [5, 5.41) is 10.4. The van der Waals surface area contributed by atoms with Crippen molar-refractivity contribution in [2.45, 2.75) is 44.9 Å². The number of aromatic nitrogens is 1. The van der Waals surface area contributed by atoms with E-state index in [4.69, 9.17) is 9.47 Å². The molecule has 0 unspecified atom stereocenters. The van der Waals surface area contributed by atoms with Crippen molar-refractivity contribution in [3.05, 3.63) is 36.4 Å². The number of nitrogens with zero attached hydrogens (tertiary/aromatic N) is 2. The van der Waals surface area contributed by atoms with Gasteiger partial charge >= 0.3 is 12.1 Å². The molecule has 1 aromatic heterocycles. The summed E-state index contributed by atoms with van der Waals surface area (Å²) < 4.78 is 11.2. The maximum absolute atomic E-state index is 12.3. The minimum Gasteiger partial charge on any atom is -0.480 e. The van der Waals surface area contributed by atoms with Crippen LogP contribution < -0.4 is 4.74 Å². The molecule has 0 radical (unpaired) electrons. The van der Waals surface area contributed by atoms with Gasteiger partial charge in [-0.1, -0.05) is 18.2 Å². The molecule has 1 aromatic carbocycles. The summed E-state index contributed by atoms with van der Waals surface area (Å²) in [5.41, 5.74) is 0.0979. The van der Waals surface area contributed by atoms with Crippen molar-refractivity contribution in [3.8, 4) is 5.88 Å². The van der Waals surface area contributed by atoms with Crippen LogP contribution in [-0.4, -0.2) is 51.3 Å². The minimum absolute atomic E-state index is 0.139. The van der Waals surface area contributed by atoms with Gasteiger partial charge in [0.25, 0.3) is 0 Å². The topological polar surface area (TPSA) is 89.0 Å². The number of ether oxygens (including phenoxy) is 2. The second-order valence-electron chi connectivity index (χ2n) is 7.30. The van der Waals surface area contributed by atoms with E-state index in [0.717, 1.165) is 10.9 Å². The first kappa shape index (κ1) is 18.0. The maximum Gasteiger partial charge on any atom is 0.411 e. The molecule has 26 heavy (non-hydrogen) atoms. The van der Waals surface area contributed by atoms with E-state index in [2.05, 4.69) is 4.98 Å². The zero-order valence-electron chi connectivity index (χ0n) is 15.0. The SMILES string of the molecule is CC(C)(C)OC(=O)N1C[C@H](Oc2ccc3ccccc3n2)C[C@H]1C(=O)O. The molecule has 0 aliphatic carbocycles. The molecule has 1 amide bonds. The third-order valence-electron chi connectivity index (χ3n) is 4.04. The van der Waals surface area contributed by atoms with Crippen LogP contribution in [0.3, 0.4) is 0 Å². The molecule has 1 aliphatic rings. The summed E-state index contributed by atoms with van der Waals surface area (Å²) in [6.07, 6.45) is -0.928. The fourth-order valence-electron chi connectivity index (χ4n) is 2.92. The van der Waals surface area contributed by atoms with Crippen molar-refractivity contribution in [2.75, 3.05) is 6.54 Å². The predicted octanol–water partition coefficient (Wildman–Crippen LogP) is 3.08. The molecule has 0 bridgehead atoms. The number of hydrogen-bond donors (Lipinski definition) is 1. The number of rotatable bonds is 3. The summed E-state index contributed by atoms with van der Waals surface area (Å²) in [6.45, 7) is 5.36. The van der Waals surface area contributed by atoms with Crippen LogP contribution in [0.4, 0.5) is 4.79 Å². The summed E-state index contributed by atoms with van der Waals surface area (Å²) in [6, 6.07) is 10.3. The molecule has 7 nitrogen and oxygen atoms in total. The zero-order valence-corrected chi connectivity index (χ0v) is 15.0. The number of aliphatic carboxylic acids is 1. The standard InChI is InChI=1S/C19H22N2O5/c1-19(2,3)26-18(24)21-11-13(10-15(21)17(22)23)25-16-9-8-12-6-4-5-7-14(12)20-16/h4-9,13,15H,10-11H2,1-3H3,(H,22,23)/t13-,15+/m1/s1. The Bertz CT molecular complexity index is 830. The van der Waals surface area contributed by atoms with Gasteiger partial charge in [-0.2, -0.15) is 0 Å². The number of carbonyl (C=O) groups excluding carboxylic acids is 1. The highest BCUT2D eigenvalue weighted by Gasteiger charge is 2.42. The number of pyridine rings is 1. The normalized spacial score (nSPS) is 20.2. The number of para-hydroxylation sites is 1. The predicted molar refractivity (Wildman–Crippen MR) is 95.1 cm³/mol. The first-order valence-corrected chi connectivity index (χ1v) is 8.48. The lowest BCUT2D eigenvalue weighted by Gasteiger charge is -2.26. The van der Waals surface area contributed by atoms with E-state index in [1.54, 1.807) is 26.8 Å². The average molecular weight is 358 g/mol. The lowest BCUT2D eigenvalue weighted by atomic mass is 10.2. The first-order chi connectivity index (χ1) is 12.2. The van der Waals surface area contributed by atoms with Crippen LogP contribution in [0.5, 0.6) is 5.88 Å². The van der Waals surface area contributed by atoms with Gasteiger partial charge in [-0.3, -0.25) is 4.90 Å². The number of hydrogen-bond acceptors (Lipinski definition) is 5. The highest BCUT2D eigenvalue weighted by molar-refractivity contribution is 5.81. The molecule has 7 heteroatoms. The first-order valence-electron chi connectivity index (χ1n) is 8.48. The number of carbonyl (C=O) groups is 2. The van der Waals surface area contributed by atoms with E-state index >= 15 is 0 Å². The van der Waals surface area contributed by atoms with Crippen LogP contribution in [0.25, 0.3) is 10.9 Å². The van der Waals surface area contributed by atoms with Gasteiger partial charge in [0.15, 0.2) is 0 Å². The molecule has 138 valence electrons. The van der Waals surface area contributed by atoms with Gasteiger partial charge < -0.3 is 14.6 Å². The number of likely N-dealkylation sites (tertiary alicyclic amines) is 1. The molecule has 1 saturated heterocycles. The Balaban J connectivity index is 1.74. The summed E-state index contributed by atoms with van der Waals surface area (Å²) in [4.78, 5) is 29.5. The largest absolute Gasteiger partial charge is 0.480 e. The van der Waals surface area contributed by atoms with Crippen LogP contribution in [0.15, 0.2) is 36.4 Å². The van der Waals surface area contributed by atoms with Crippen molar-refractivity contribution >= 4 is 23.0 Å². The van der Waals surface area contributed by atoms with E-state index in [0.29, 0.717) is 5.88 Å². The van der Waals surface area contributed by atoms with Gasteiger partial charge in [0.05, 0.1) is 12.1 Å². The molecular weight excluding hydrogens is 336 g/mol. The molecule has 1 aliphatic heterocycles. The Labute approximate surface area is 151 Å². The van der Waals surface area contributed by atoms with Crippen LogP contribution >= 0.6 is 0 Å². The summed E-state index contributed by atoms with van der Waals surface area (Å²) in [7, 11) is 0. The fraction of sp³-hybridized carbons (Fsp3) is 0.421. The monoisotopic (exact) mass is 358 g/mol. The third kappa shape index (κ3) is 4.04. The lowest BCUT2D eigenvalue weighted by molar-refractivity contribution is -0.142. The minimum atomic E-state index is -1.08. The van der Waals surface area contributed by atoms with Crippen molar-refractivity contribution in [1.82, 2.24) is 9.88 Å². The molecular formula is C19H22N2O5. The Morgan fingerprint density at radius 3 is 2.62 bits per heavy atom. The Hall–Kier alpha value is -2.83. The number of benzene rings is 1. The van der Waals surface area contributed by atoms with Gasteiger partial charge in [0.1, 0.15) is 17.7 Å². The highest BCUT2D eigenvalue weighted by atomic mass is 16.6. The Morgan fingerprint density at radius 2 is 1.92 bits per heavy atom. The Kier molecular flexibility index (Phi) is 4.71. The van der Waals surface area contributed by atoms with Gasteiger partial charge in [-0.05, 0) is 32.9 Å². The molecule has 2 atom stereocenters. The number of carboxylic acid groups (broad SMARTS) is 1. The highest BCUT2D eigenvalue weighted by Crippen LogP contribution is 2.25. The second-order valence-corrected chi connectivity index (χ2v) is 7.30. The second kappa shape index (κ2) is 6.82. The van der Waals surface area contributed by atoms with E-state index in [1.807, 2.05) is 30.3 Å². The molecule has 3 rings (SSSR count). The smallest absolute Gasteiger partial charge is 0.411 e. The summed E-state index contributed by atoms with van der Waals surface area (Å²) in [5.74, 6) is -0.669. The van der Waals surface area contributed by atoms with Crippen LogP contribution in [0, 0.1) is 0 Å². The third-order valence-corrected chi connectivity index (χ3v) is 4.04. The van der Waals surface area contributed by atoms with Gasteiger partial charge in [0.2, 0.25) is 5.88 Å². The van der Waals surface area contributed by atoms with E-state index in [1.165, 1.54) is 4.90 Å². The molecule has 1 fully saturated rings. The van der Waals surface area contributed by atoms with Crippen molar-refractivity contribution in [1.29, 1.82) is 0 Å². The fourth-order valence-corrected chi connectivity index (χ4v) is 2.92. The molecule has 2 aromatic rings. The maximum atomic E-state index is 12.3. The summed E-state index contributed by atoms with van der Waals surface area (Å²) >= 11 is 0. The van der Waals surface area contributed by atoms with Gasteiger partial charge in [-0.15, -0.1) is 0 Å². The number of amides is 1. The molecule has 2 heterocycles. The quantitative estimate of drug-likeness (QED) is 0.907. The van der Waals surface area contributed by atoms with Gasteiger partial charge in [-0.25, -0.2) is 14.6 Å². The average Bonchev–Trinajstić information content (AvgIpc) is 2.97. The van der Waals surface area contributed by atoms with E-state index in [-0.39, 0.29) is 13.0 Å². The lowest BCUT2D eigenvalue weighted by Crippen LogP contribution is -2.43. The van der Waals surface area contributed by atoms with Crippen LogP contribution in [0.2, 0.25) is 0 Å². The van der Waals surface area contributed by atoms with Gasteiger partial charge in [0, 0.05) is 17.9 Å². The Morgan fingerprint density at radius 1 is 1.19 bits per heavy atom. The zero-order chi connectivity index (χ0) is 18.9.